The smallest absolute Gasteiger partial charge is 0.229 e. The maximum Gasteiger partial charge on any atom is 0.229 e. The topological polar surface area (TPSA) is 75.8 Å². The van der Waals surface area contributed by atoms with Crippen LogP contribution in [-0.4, -0.2) is 36.0 Å². The first kappa shape index (κ1) is 9.89. The number of rotatable bonds is 2. The molecule has 0 radical (unpaired) electrons. The maximum atomic E-state index is 11.5. The van der Waals surface area contributed by atoms with Crippen LogP contribution in [0.5, 0.6) is 0 Å². The van der Waals surface area contributed by atoms with E-state index in [1.165, 1.54) is 6.21 Å². The minimum Gasteiger partial charge on any atom is -0.369 e. The van der Waals surface area contributed by atoms with E-state index in [4.69, 9.17) is 5.73 Å². The zero-order valence-electron chi connectivity index (χ0n) is 8.35. The van der Waals surface area contributed by atoms with Crippen molar-refractivity contribution >= 4 is 18.0 Å². The number of carbonyl (C=O) groups excluding carboxylic acids is 2. The molecule has 0 spiro atoms. The number of hydrogen-bond donors (Lipinski definition) is 1. The molecule has 0 aromatic heterocycles. The molecule has 5 heteroatoms. The Labute approximate surface area is 87.6 Å². The highest BCUT2D eigenvalue weighted by molar-refractivity contribution is 5.95. The third-order valence-electron chi connectivity index (χ3n) is 2.64. The molecule has 15 heavy (non-hydrogen) atoms. The number of primary amides is 1. The van der Waals surface area contributed by atoms with Crippen LogP contribution < -0.4 is 5.73 Å². The van der Waals surface area contributed by atoms with Gasteiger partial charge in [0.2, 0.25) is 11.8 Å². The van der Waals surface area contributed by atoms with E-state index in [2.05, 4.69) is 4.99 Å². The van der Waals surface area contributed by atoms with Crippen LogP contribution in [0.2, 0.25) is 0 Å². The molecule has 0 aromatic rings. The fourth-order valence-corrected chi connectivity index (χ4v) is 1.85. The van der Waals surface area contributed by atoms with Gasteiger partial charge in [0.1, 0.15) is 0 Å². The van der Waals surface area contributed by atoms with Gasteiger partial charge >= 0.3 is 0 Å². The summed E-state index contributed by atoms with van der Waals surface area (Å²) in [7, 11) is 0. The molecule has 0 aliphatic carbocycles. The van der Waals surface area contributed by atoms with Crippen LogP contribution in [0.15, 0.2) is 16.8 Å². The number of nitrogens with two attached hydrogens (primary N) is 1. The van der Waals surface area contributed by atoms with Crippen molar-refractivity contribution in [1.29, 1.82) is 0 Å². The van der Waals surface area contributed by atoms with Crippen LogP contribution in [0.3, 0.4) is 0 Å². The fraction of sp³-hybridized carbons (Fsp3) is 0.500. The van der Waals surface area contributed by atoms with Crippen molar-refractivity contribution in [3.05, 3.63) is 11.8 Å². The zero-order valence-corrected chi connectivity index (χ0v) is 8.35. The van der Waals surface area contributed by atoms with Gasteiger partial charge in [0.25, 0.3) is 0 Å². The maximum absolute atomic E-state index is 11.5. The Morgan fingerprint density at radius 2 is 2.40 bits per heavy atom. The standard InChI is InChI=1S/C10H13N3O2/c11-10(15)7-4-8(6-12-5-7)13-3-1-2-9(13)14/h4-5,7H,1-3,6H2,(H2,11,15). The van der Waals surface area contributed by atoms with Crippen molar-refractivity contribution in [2.45, 2.75) is 12.8 Å². The largest absolute Gasteiger partial charge is 0.369 e. The molecule has 5 nitrogen and oxygen atoms in total. The molecule has 1 unspecified atom stereocenters. The average Bonchev–Trinajstić information content (AvgIpc) is 2.64. The number of amides is 2. The molecule has 0 aromatic carbocycles. The number of hydrogen-bond acceptors (Lipinski definition) is 3. The van der Waals surface area contributed by atoms with Crippen molar-refractivity contribution in [2.75, 3.05) is 13.1 Å². The highest BCUT2D eigenvalue weighted by Crippen LogP contribution is 2.19. The van der Waals surface area contributed by atoms with Crippen LogP contribution in [0.4, 0.5) is 0 Å². The van der Waals surface area contributed by atoms with Crippen LogP contribution >= 0.6 is 0 Å². The highest BCUT2D eigenvalue weighted by atomic mass is 16.2. The Hall–Kier alpha value is -1.65. The molecular weight excluding hydrogens is 194 g/mol. The normalized spacial score (nSPS) is 25.6. The van der Waals surface area contributed by atoms with Gasteiger partial charge in [-0.05, 0) is 12.5 Å². The number of dihydropyridines is 1. The quantitative estimate of drug-likeness (QED) is 0.673. The first-order valence-corrected chi connectivity index (χ1v) is 4.99. The van der Waals surface area contributed by atoms with E-state index < -0.39 is 11.8 Å². The van der Waals surface area contributed by atoms with E-state index in [1.807, 2.05) is 0 Å². The second-order valence-electron chi connectivity index (χ2n) is 3.72. The Bertz CT molecular complexity index is 360. The second kappa shape index (κ2) is 3.84. The van der Waals surface area contributed by atoms with Crippen LogP contribution in [0.25, 0.3) is 0 Å². The Balaban J connectivity index is 2.15. The molecule has 2 heterocycles. The van der Waals surface area contributed by atoms with Crippen LogP contribution in [0.1, 0.15) is 12.8 Å². The third kappa shape index (κ3) is 1.91. The van der Waals surface area contributed by atoms with Gasteiger partial charge in [-0.1, -0.05) is 0 Å². The molecule has 80 valence electrons. The SMILES string of the molecule is NC(=O)C1C=NCC(N2CCCC2=O)=C1. The van der Waals surface area contributed by atoms with Crippen LogP contribution in [-0.2, 0) is 9.59 Å². The lowest BCUT2D eigenvalue weighted by Crippen LogP contribution is -2.31. The monoisotopic (exact) mass is 207 g/mol. The molecule has 0 bridgehead atoms. The van der Waals surface area contributed by atoms with Crippen molar-refractivity contribution in [3.63, 3.8) is 0 Å². The van der Waals surface area contributed by atoms with Gasteiger partial charge < -0.3 is 10.6 Å². The lowest BCUT2D eigenvalue weighted by molar-refractivity contribution is -0.126. The van der Waals surface area contributed by atoms with Crippen molar-refractivity contribution in [3.8, 4) is 0 Å². The summed E-state index contributed by atoms with van der Waals surface area (Å²) in [5.41, 5.74) is 5.99. The van der Waals surface area contributed by atoms with Crippen LogP contribution in [0, 0.1) is 5.92 Å². The molecular formula is C10H13N3O2. The molecule has 2 amide bonds. The highest BCUT2D eigenvalue weighted by Gasteiger charge is 2.26. The zero-order chi connectivity index (χ0) is 10.8. The summed E-state index contributed by atoms with van der Waals surface area (Å²) in [6, 6.07) is 0. The van der Waals surface area contributed by atoms with E-state index in [0.29, 0.717) is 13.0 Å². The fourth-order valence-electron chi connectivity index (χ4n) is 1.85. The average molecular weight is 207 g/mol. The molecule has 1 fully saturated rings. The summed E-state index contributed by atoms with van der Waals surface area (Å²) >= 11 is 0. The van der Waals surface area contributed by atoms with Gasteiger partial charge in [-0.2, -0.15) is 0 Å². The minimum absolute atomic E-state index is 0.113. The summed E-state index contributed by atoms with van der Waals surface area (Å²) < 4.78 is 0. The van der Waals surface area contributed by atoms with E-state index in [1.54, 1.807) is 11.0 Å². The van der Waals surface area contributed by atoms with Gasteiger partial charge in [0.05, 0.1) is 12.5 Å². The summed E-state index contributed by atoms with van der Waals surface area (Å²) in [5, 5.41) is 0. The van der Waals surface area contributed by atoms with Crippen molar-refractivity contribution in [1.82, 2.24) is 4.90 Å². The summed E-state index contributed by atoms with van der Waals surface area (Å²) in [4.78, 5) is 28.2. The number of nitrogens with zero attached hydrogens (tertiary/aromatic N) is 2. The third-order valence-corrected chi connectivity index (χ3v) is 2.64. The molecule has 2 aliphatic rings. The Kier molecular flexibility index (Phi) is 2.53. The van der Waals surface area contributed by atoms with Gasteiger partial charge in [0, 0.05) is 24.9 Å². The Morgan fingerprint density at radius 1 is 1.60 bits per heavy atom. The lowest BCUT2D eigenvalue weighted by atomic mass is 10.1. The van der Waals surface area contributed by atoms with Crippen molar-refractivity contribution in [2.24, 2.45) is 16.6 Å². The van der Waals surface area contributed by atoms with E-state index >= 15 is 0 Å². The molecule has 1 saturated heterocycles. The predicted octanol–water partition coefficient (Wildman–Crippen LogP) is -0.321. The summed E-state index contributed by atoms with van der Waals surface area (Å²) in [6.07, 6.45) is 4.73. The van der Waals surface area contributed by atoms with Crippen molar-refractivity contribution < 1.29 is 9.59 Å². The predicted molar refractivity (Wildman–Crippen MR) is 55.1 cm³/mol. The number of likely N-dealkylation sites (tertiary alicyclic amines) is 1. The minimum atomic E-state index is -0.470. The number of aliphatic imine (C=N–C) groups is 1. The molecule has 1 atom stereocenters. The second-order valence-corrected chi connectivity index (χ2v) is 3.72. The summed E-state index contributed by atoms with van der Waals surface area (Å²) in [6.45, 7) is 1.20. The van der Waals surface area contributed by atoms with Gasteiger partial charge in [-0.15, -0.1) is 0 Å². The van der Waals surface area contributed by atoms with Gasteiger partial charge in [-0.25, -0.2) is 0 Å². The molecule has 2 N–H and O–H groups in total. The Morgan fingerprint density at radius 3 is 3.00 bits per heavy atom. The molecule has 2 rings (SSSR count). The molecule has 2 aliphatic heterocycles. The number of carbonyl (C=O) groups is 2. The van der Waals surface area contributed by atoms with Gasteiger partial charge in [0.15, 0.2) is 0 Å². The van der Waals surface area contributed by atoms with E-state index in [-0.39, 0.29) is 5.91 Å². The van der Waals surface area contributed by atoms with Gasteiger partial charge in [-0.3, -0.25) is 14.6 Å². The summed E-state index contributed by atoms with van der Waals surface area (Å²) in [5.74, 6) is -0.786. The lowest BCUT2D eigenvalue weighted by Gasteiger charge is -2.22. The van der Waals surface area contributed by atoms with E-state index in [9.17, 15) is 9.59 Å². The first-order valence-electron chi connectivity index (χ1n) is 4.99. The van der Waals surface area contributed by atoms with E-state index in [0.717, 1.165) is 18.7 Å². The first-order chi connectivity index (χ1) is 7.18. The molecule has 0 saturated carbocycles.